The molecule has 1 saturated heterocycles. The lowest BCUT2D eigenvalue weighted by Gasteiger charge is -2.23. The number of anilines is 2. The summed E-state index contributed by atoms with van der Waals surface area (Å²) in [6, 6.07) is 16.0. The van der Waals surface area contributed by atoms with Crippen LogP contribution in [-0.4, -0.2) is 18.4 Å². The van der Waals surface area contributed by atoms with Gasteiger partial charge in [0.15, 0.2) is 0 Å². The Labute approximate surface area is 167 Å². The number of para-hydroxylation sites is 1. The van der Waals surface area contributed by atoms with Gasteiger partial charge in [0.25, 0.3) is 0 Å². The number of nitrogens with one attached hydrogen (secondary N) is 1. The number of nitrogens with zero attached hydrogens (tertiary/aromatic N) is 1. The second-order valence-electron chi connectivity index (χ2n) is 8.04. The van der Waals surface area contributed by atoms with Crippen LogP contribution >= 0.6 is 0 Å². The molecule has 0 unspecified atom stereocenters. The Kier molecular flexibility index (Phi) is 6.18. The molecule has 2 aromatic rings. The molecule has 2 aromatic carbocycles. The molecule has 28 heavy (non-hydrogen) atoms. The summed E-state index contributed by atoms with van der Waals surface area (Å²) < 4.78 is 0. The molecular formula is C24H30N2O2. The number of rotatable bonds is 6. The monoisotopic (exact) mass is 378 g/mol. The second kappa shape index (κ2) is 8.59. The third kappa shape index (κ3) is 4.27. The highest BCUT2D eigenvalue weighted by molar-refractivity contribution is 6.03. The summed E-state index contributed by atoms with van der Waals surface area (Å²) in [7, 11) is 0. The fraction of sp³-hybridized carbons (Fsp3) is 0.417. The number of carbonyl (C=O) groups is 2. The molecular weight excluding hydrogens is 348 g/mol. The summed E-state index contributed by atoms with van der Waals surface area (Å²) in [6.45, 7) is 9.04. The Morgan fingerprint density at radius 3 is 2.43 bits per heavy atom. The Bertz CT molecular complexity index is 842. The van der Waals surface area contributed by atoms with Crippen LogP contribution in [0.3, 0.4) is 0 Å². The van der Waals surface area contributed by atoms with Gasteiger partial charge < -0.3 is 10.2 Å². The Balaban J connectivity index is 1.71. The maximum absolute atomic E-state index is 12.7. The first-order chi connectivity index (χ1) is 13.4. The highest BCUT2D eigenvalue weighted by Crippen LogP contribution is 2.33. The van der Waals surface area contributed by atoms with Crippen LogP contribution < -0.4 is 10.2 Å². The fourth-order valence-corrected chi connectivity index (χ4v) is 3.68. The van der Waals surface area contributed by atoms with Crippen LogP contribution in [0, 0.1) is 5.92 Å². The van der Waals surface area contributed by atoms with Crippen molar-refractivity contribution in [3.05, 3.63) is 59.7 Å². The maximum Gasteiger partial charge on any atom is 0.229 e. The van der Waals surface area contributed by atoms with Crippen LogP contribution in [0.25, 0.3) is 0 Å². The van der Waals surface area contributed by atoms with Crippen LogP contribution in [0.4, 0.5) is 11.4 Å². The zero-order valence-electron chi connectivity index (χ0n) is 17.2. The number of benzene rings is 2. The molecule has 148 valence electrons. The van der Waals surface area contributed by atoms with Crippen molar-refractivity contribution in [3.8, 4) is 0 Å². The standard InChI is InChI=1S/C24H30N2O2/c1-5-17(4)21-8-6-7-9-22(21)26-15-19(14-23(26)27)24(28)25-20-12-10-18(11-13-20)16(2)3/h6-13,16-17,19H,5,14-15H2,1-4H3,(H,25,28)/t17-,19-/m0/s1. The molecule has 0 spiro atoms. The van der Waals surface area contributed by atoms with Gasteiger partial charge in [0.1, 0.15) is 0 Å². The molecule has 0 saturated carbocycles. The Morgan fingerprint density at radius 2 is 1.79 bits per heavy atom. The molecule has 1 N–H and O–H groups in total. The van der Waals surface area contributed by atoms with E-state index < -0.39 is 0 Å². The maximum atomic E-state index is 12.7. The van der Waals surface area contributed by atoms with Crippen molar-refractivity contribution < 1.29 is 9.59 Å². The molecule has 1 aliphatic rings. The van der Waals surface area contributed by atoms with E-state index in [9.17, 15) is 9.59 Å². The van der Waals surface area contributed by atoms with Crippen LogP contribution in [0.5, 0.6) is 0 Å². The zero-order valence-corrected chi connectivity index (χ0v) is 17.2. The summed E-state index contributed by atoms with van der Waals surface area (Å²) in [6.07, 6.45) is 1.26. The van der Waals surface area contributed by atoms with Crippen molar-refractivity contribution >= 4 is 23.2 Å². The average Bonchev–Trinajstić information content (AvgIpc) is 3.09. The van der Waals surface area contributed by atoms with Crippen molar-refractivity contribution in [2.75, 3.05) is 16.8 Å². The molecule has 2 amide bonds. The van der Waals surface area contributed by atoms with Gasteiger partial charge in [0.05, 0.1) is 5.92 Å². The van der Waals surface area contributed by atoms with Gasteiger partial charge >= 0.3 is 0 Å². The van der Waals surface area contributed by atoms with E-state index in [-0.39, 0.29) is 24.2 Å². The Morgan fingerprint density at radius 1 is 1.11 bits per heavy atom. The van der Waals surface area contributed by atoms with E-state index in [2.05, 4.69) is 39.1 Å². The minimum Gasteiger partial charge on any atom is -0.326 e. The lowest BCUT2D eigenvalue weighted by Crippen LogP contribution is -2.29. The molecule has 4 heteroatoms. The SMILES string of the molecule is CC[C@H](C)c1ccccc1N1C[C@@H](C(=O)Nc2ccc(C(C)C)cc2)CC1=O. The highest BCUT2D eigenvalue weighted by atomic mass is 16.2. The van der Waals surface area contributed by atoms with Crippen LogP contribution in [0.15, 0.2) is 48.5 Å². The molecule has 1 fully saturated rings. The van der Waals surface area contributed by atoms with E-state index in [1.165, 1.54) is 11.1 Å². The van der Waals surface area contributed by atoms with E-state index in [4.69, 9.17) is 0 Å². The first-order valence-electron chi connectivity index (χ1n) is 10.2. The smallest absolute Gasteiger partial charge is 0.229 e. The lowest BCUT2D eigenvalue weighted by molar-refractivity contribution is -0.122. The van der Waals surface area contributed by atoms with E-state index in [0.717, 1.165) is 17.8 Å². The van der Waals surface area contributed by atoms with Gasteiger partial charge in [-0.25, -0.2) is 0 Å². The predicted octanol–water partition coefficient (Wildman–Crippen LogP) is 5.32. The quantitative estimate of drug-likeness (QED) is 0.740. The van der Waals surface area contributed by atoms with E-state index in [1.807, 2.05) is 42.5 Å². The van der Waals surface area contributed by atoms with E-state index in [1.54, 1.807) is 4.90 Å². The molecule has 4 nitrogen and oxygen atoms in total. The van der Waals surface area contributed by atoms with Gasteiger partial charge in [-0.2, -0.15) is 0 Å². The largest absolute Gasteiger partial charge is 0.326 e. The molecule has 0 bridgehead atoms. The summed E-state index contributed by atoms with van der Waals surface area (Å²) in [5.74, 6) is 0.426. The van der Waals surface area contributed by atoms with Crippen LogP contribution in [0.2, 0.25) is 0 Å². The molecule has 2 atom stereocenters. The Hall–Kier alpha value is -2.62. The summed E-state index contributed by atoms with van der Waals surface area (Å²) in [5, 5.41) is 2.97. The van der Waals surface area contributed by atoms with E-state index in [0.29, 0.717) is 18.4 Å². The third-order valence-electron chi connectivity index (χ3n) is 5.71. The number of amides is 2. The topological polar surface area (TPSA) is 49.4 Å². The van der Waals surface area contributed by atoms with Gasteiger partial charge in [-0.05, 0) is 47.6 Å². The molecule has 0 radical (unpaired) electrons. The third-order valence-corrected chi connectivity index (χ3v) is 5.71. The molecule has 3 rings (SSSR count). The number of hydrogen-bond acceptors (Lipinski definition) is 2. The van der Waals surface area contributed by atoms with Crippen molar-refractivity contribution in [2.24, 2.45) is 5.92 Å². The molecule has 0 aliphatic carbocycles. The highest BCUT2D eigenvalue weighted by Gasteiger charge is 2.36. The summed E-state index contributed by atoms with van der Waals surface area (Å²) in [4.78, 5) is 27.2. The number of hydrogen-bond donors (Lipinski definition) is 1. The normalized spacial score (nSPS) is 17.8. The number of carbonyl (C=O) groups excluding carboxylic acids is 2. The van der Waals surface area contributed by atoms with Gasteiger partial charge in [-0.1, -0.05) is 58.0 Å². The minimum absolute atomic E-state index is 0.0195. The minimum atomic E-state index is -0.331. The zero-order chi connectivity index (χ0) is 20.3. The van der Waals surface area contributed by atoms with Gasteiger partial charge in [0.2, 0.25) is 11.8 Å². The van der Waals surface area contributed by atoms with Crippen LogP contribution in [0.1, 0.15) is 63.5 Å². The summed E-state index contributed by atoms with van der Waals surface area (Å²) in [5.41, 5.74) is 4.13. The average molecular weight is 379 g/mol. The van der Waals surface area contributed by atoms with Crippen molar-refractivity contribution in [1.82, 2.24) is 0 Å². The first kappa shape index (κ1) is 20.1. The molecule has 1 aliphatic heterocycles. The van der Waals surface area contributed by atoms with Crippen molar-refractivity contribution in [3.63, 3.8) is 0 Å². The summed E-state index contributed by atoms with van der Waals surface area (Å²) >= 11 is 0. The van der Waals surface area contributed by atoms with Gasteiger partial charge in [-0.3, -0.25) is 9.59 Å². The molecule has 1 heterocycles. The van der Waals surface area contributed by atoms with E-state index >= 15 is 0 Å². The molecule has 0 aromatic heterocycles. The van der Waals surface area contributed by atoms with Crippen LogP contribution in [-0.2, 0) is 9.59 Å². The van der Waals surface area contributed by atoms with Gasteiger partial charge in [0, 0.05) is 24.3 Å². The second-order valence-corrected chi connectivity index (χ2v) is 8.04. The fourth-order valence-electron chi connectivity index (χ4n) is 3.68. The van der Waals surface area contributed by atoms with Crippen molar-refractivity contribution in [1.29, 1.82) is 0 Å². The van der Waals surface area contributed by atoms with Crippen molar-refractivity contribution in [2.45, 2.75) is 52.4 Å². The van der Waals surface area contributed by atoms with Gasteiger partial charge in [-0.15, -0.1) is 0 Å². The lowest BCUT2D eigenvalue weighted by atomic mass is 9.96. The predicted molar refractivity (Wildman–Crippen MR) is 115 cm³/mol. The first-order valence-corrected chi connectivity index (χ1v) is 10.2.